The molecule has 0 spiro atoms. The summed E-state index contributed by atoms with van der Waals surface area (Å²) in [6.07, 6.45) is 2.13. The topological polar surface area (TPSA) is 62.2 Å². The van der Waals surface area contributed by atoms with E-state index in [1.54, 1.807) is 0 Å². The van der Waals surface area contributed by atoms with E-state index in [1.165, 1.54) is 11.3 Å². The van der Waals surface area contributed by atoms with E-state index in [4.69, 9.17) is 0 Å². The molecule has 1 aliphatic rings. The first kappa shape index (κ1) is 12.6. The maximum Gasteiger partial charge on any atom is 0.280 e. The van der Waals surface area contributed by atoms with Crippen LogP contribution in [0, 0.1) is 5.92 Å². The zero-order chi connectivity index (χ0) is 13.5. The Labute approximate surface area is 115 Å². The smallest absolute Gasteiger partial charge is 0.280 e. The molecule has 3 rings (SSSR count). The lowest BCUT2D eigenvalue weighted by Crippen LogP contribution is -2.50. The largest absolute Gasteiger partial charge is 0.394 e. The van der Waals surface area contributed by atoms with E-state index >= 15 is 0 Å². The van der Waals surface area contributed by atoms with Crippen LogP contribution in [0.4, 0.5) is 0 Å². The number of carbonyl (C=O) groups is 1. The number of aliphatic hydroxyl groups is 1. The molecule has 100 valence electrons. The molecular formula is C14H16N2O2S. The van der Waals surface area contributed by atoms with Gasteiger partial charge in [0.1, 0.15) is 0 Å². The molecule has 0 aliphatic heterocycles. The third-order valence-electron chi connectivity index (χ3n) is 3.69. The number of hydrogen-bond donors (Lipinski definition) is 2. The van der Waals surface area contributed by atoms with Crippen LogP contribution in [0.15, 0.2) is 24.3 Å². The molecule has 1 unspecified atom stereocenters. The lowest BCUT2D eigenvalue weighted by Gasteiger charge is -2.28. The molecule has 1 aromatic carbocycles. The molecule has 2 N–H and O–H groups in total. The maximum absolute atomic E-state index is 12.2. The highest BCUT2D eigenvalue weighted by Gasteiger charge is 2.42. The summed E-state index contributed by atoms with van der Waals surface area (Å²) in [5, 5.41) is 12.9. The normalized spacial score (nSPS) is 18.2. The fourth-order valence-electron chi connectivity index (χ4n) is 2.27. The zero-order valence-electron chi connectivity index (χ0n) is 10.7. The standard InChI is InChI=1S/C14H16N2O2S/c1-14(8-17,9-6-7-9)16-12(18)13-15-10-4-2-3-5-11(10)19-13/h2-5,9,17H,6-8H2,1H3,(H,16,18). The van der Waals surface area contributed by atoms with E-state index in [-0.39, 0.29) is 12.5 Å². The third kappa shape index (κ3) is 2.35. The van der Waals surface area contributed by atoms with Crippen LogP contribution >= 0.6 is 11.3 Å². The van der Waals surface area contributed by atoms with E-state index in [9.17, 15) is 9.90 Å². The van der Waals surface area contributed by atoms with E-state index in [0.29, 0.717) is 10.9 Å². The predicted molar refractivity (Wildman–Crippen MR) is 75.3 cm³/mol. The Bertz CT molecular complexity index is 588. The molecule has 2 aromatic rings. The average Bonchev–Trinajstić information content (AvgIpc) is 3.18. The second-order valence-corrected chi connectivity index (χ2v) is 6.32. The van der Waals surface area contributed by atoms with Crippen molar-refractivity contribution < 1.29 is 9.90 Å². The molecule has 0 saturated heterocycles. The minimum atomic E-state index is -0.519. The summed E-state index contributed by atoms with van der Waals surface area (Å²) in [5.74, 6) is 0.195. The first-order chi connectivity index (χ1) is 9.12. The Morgan fingerprint density at radius 1 is 1.53 bits per heavy atom. The Kier molecular flexibility index (Phi) is 3.03. The van der Waals surface area contributed by atoms with Crippen LogP contribution in [0.2, 0.25) is 0 Å². The summed E-state index contributed by atoms with van der Waals surface area (Å²) < 4.78 is 1.00. The van der Waals surface area contributed by atoms with Gasteiger partial charge in [0, 0.05) is 0 Å². The van der Waals surface area contributed by atoms with Crippen molar-refractivity contribution in [1.29, 1.82) is 0 Å². The molecular weight excluding hydrogens is 260 g/mol. The summed E-state index contributed by atoms with van der Waals surface area (Å²) in [6.45, 7) is 1.87. The van der Waals surface area contributed by atoms with Gasteiger partial charge in [0.25, 0.3) is 5.91 Å². The number of nitrogens with one attached hydrogen (secondary N) is 1. The van der Waals surface area contributed by atoms with Gasteiger partial charge in [-0.25, -0.2) is 4.98 Å². The summed E-state index contributed by atoms with van der Waals surface area (Å²) in [6, 6.07) is 7.70. The van der Waals surface area contributed by atoms with Crippen LogP contribution < -0.4 is 5.32 Å². The van der Waals surface area contributed by atoms with Gasteiger partial charge in [0.15, 0.2) is 5.01 Å². The van der Waals surface area contributed by atoms with Crippen molar-refractivity contribution in [3.05, 3.63) is 29.3 Å². The fraction of sp³-hybridized carbons (Fsp3) is 0.429. The van der Waals surface area contributed by atoms with Gasteiger partial charge in [-0.2, -0.15) is 0 Å². The van der Waals surface area contributed by atoms with Crippen LogP contribution in [-0.4, -0.2) is 28.1 Å². The number of hydrogen-bond acceptors (Lipinski definition) is 4. The van der Waals surface area contributed by atoms with Crippen LogP contribution in [-0.2, 0) is 0 Å². The van der Waals surface area contributed by atoms with Gasteiger partial charge < -0.3 is 10.4 Å². The van der Waals surface area contributed by atoms with Crippen LogP contribution in [0.25, 0.3) is 10.2 Å². The van der Waals surface area contributed by atoms with Crippen molar-refractivity contribution in [3.8, 4) is 0 Å². The Hall–Kier alpha value is -1.46. The lowest BCUT2D eigenvalue weighted by atomic mass is 9.97. The molecule has 0 radical (unpaired) electrons. The number of rotatable bonds is 4. The average molecular weight is 276 g/mol. The van der Waals surface area contributed by atoms with E-state index in [1.807, 2.05) is 31.2 Å². The second-order valence-electron chi connectivity index (χ2n) is 5.29. The molecule has 1 aliphatic carbocycles. The monoisotopic (exact) mass is 276 g/mol. The molecule has 1 aromatic heterocycles. The van der Waals surface area contributed by atoms with Crippen molar-refractivity contribution in [2.75, 3.05) is 6.61 Å². The van der Waals surface area contributed by atoms with Crippen molar-refractivity contribution in [1.82, 2.24) is 10.3 Å². The molecule has 0 bridgehead atoms. The van der Waals surface area contributed by atoms with E-state index in [2.05, 4.69) is 10.3 Å². The van der Waals surface area contributed by atoms with Crippen molar-refractivity contribution in [2.45, 2.75) is 25.3 Å². The minimum Gasteiger partial charge on any atom is -0.394 e. The van der Waals surface area contributed by atoms with E-state index < -0.39 is 5.54 Å². The highest BCUT2D eigenvalue weighted by atomic mass is 32.1. The summed E-state index contributed by atoms with van der Waals surface area (Å²) in [4.78, 5) is 16.6. The number of aromatic nitrogens is 1. The minimum absolute atomic E-state index is 0.0334. The van der Waals surface area contributed by atoms with Crippen LogP contribution in [0.5, 0.6) is 0 Å². The van der Waals surface area contributed by atoms with Crippen LogP contribution in [0.3, 0.4) is 0 Å². The Morgan fingerprint density at radius 3 is 2.89 bits per heavy atom. The maximum atomic E-state index is 12.2. The molecule has 1 fully saturated rings. The quantitative estimate of drug-likeness (QED) is 0.899. The third-order valence-corrected chi connectivity index (χ3v) is 4.73. The number of nitrogens with zero attached hydrogens (tertiary/aromatic N) is 1. The first-order valence-electron chi connectivity index (χ1n) is 6.41. The molecule has 1 amide bonds. The number of carbonyl (C=O) groups excluding carboxylic acids is 1. The second kappa shape index (κ2) is 4.58. The van der Waals surface area contributed by atoms with Gasteiger partial charge in [-0.15, -0.1) is 11.3 Å². The van der Waals surface area contributed by atoms with Gasteiger partial charge in [-0.05, 0) is 37.8 Å². The number of benzene rings is 1. The summed E-state index contributed by atoms with van der Waals surface area (Å²) in [5.41, 5.74) is 0.323. The molecule has 19 heavy (non-hydrogen) atoms. The number of amides is 1. The fourth-order valence-corrected chi connectivity index (χ4v) is 3.13. The zero-order valence-corrected chi connectivity index (χ0v) is 11.5. The molecule has 4 nitrogen and oxygen atoms in total. The Morgan fingerprint density at radius 2 is 2.26 bits per heavy atom. The van der Waals surface area contributed by atoms with Crippen molar-refractivity contribution in [2.24, 2.45) is 5.92 Å². The summed E-state index contributed by atoms with van der Waals surface area (Å²) in [7, 11) is 0. The van der Waals surface area contributed by atoms with Crippen molar-refractivity contribution >= 4 is 27.5 Å². The number of thiazole rings is 1. The molecule has 1 heterocycles. The van der Waals surface area contributed by atoms with E-state index in [0.717, 1.165) is 23.1 Å². The van der Waals surface area contributed by atoms with Gasteiger partial charge in [0.05, 0.1) is 22.4 Å². The number of aliphatic hydroxyl groups excluding tert-OH is 1. The van der Waals surface area contributed by atoms with Gasteiger partial charge in [0.2, 0.25) is 0 Å². The number of fused-ring (bicyclic) bond motifs is 1. The highest BCUT2D eigenvalue weighted by molar-refractivity contribution is 7.20. The van der Waals surface area contributed by atoms with Gasteiger partial charge in [-0.3, -0.25) is 4.79 Å². The lowest BCUT2D eigenvalue weighted by molar-refractivity contribution is 0.0824. The van der Waals surface area contributed by atoms with Gasteiger partial charge in [-0.1, -0.05) is 12.1 Å². The van der Waals surface area contributed by atoms with Gasteiger partial charge >= 0.3 is 0 Å². The Balaban J connectivity index is 1.83. The molecule has 1 saturated carbocycles. The SMILES string of the molecule is CC(CO)(NC(=O)c1nc2ccccc2s1)C1CC1. The highest BCUT2D eigenvalue weighted by Crippen LogP contribution is 2.39. The first-order valence-corrected chi connectivity index (χ1v) is 7.23. The predicted octanol–water partition coefficient (Wildman–Crippen LogP) is 2.19. The van der Waals surface area contributed by atoms with Crippen molar-refractivity contribution in [3.63, 3.8) is 0 Å². The number of para-hydroxylation sites is 1. The molecule has 5 heteroatoms. The van der Waals surface area contributed by atoms with Crippen LogP contribution in [0.1, 0.15) is 29.6 Å². The molecule has 1 atom stereocenters. The summed E-state index contributed by atoms with van der Waals surface area (Å²) >= 11 is 1.38.